The Hall–Kier alpha value is 0.862. The van der Waals surface area contributed by atoms with Gasteiger partial charge in [0, 0.05) is 0 Å². The summed E-state index contributed by atoms with van der Waals surface area (Å²) in [5, 5.41) is 0. The SMILES string of the molecule is CCCCC(CC)COP(=O)([O-])OCC(CC)CCCC.CCCCC(CC)COP(=O)([O-])OCC(CC)CCCC.CCCCC(CC)COP(=O)([O-])OCC(CC)CCCC.[Cr+3]. The minimum absolute atomic E-state index is 0. The Bertz CT molecular complexity index is 919. The zero-order chi connectivity index (χ0) is 48.4. The van der Waals surface area contributed by atoms with Gasteiger partial charge in [-0.1, -0.05) is 199 Å². The quantitative estimate of drug-likeness (QED) is 0.0530. The smallest absolute Gasteiger partial charge is 0.756 e. The van der Waals surface area contributed by atoms with Gasteiger partial charge in [-0.25, -0.2) is 0 Å². The van der Waals surface area contributed by atoms with Crippen LogP contribution in [0.4, 0.5) is 0 Å². The van der Waals surface area contributed by atoms with Crippen LogP contribution < -0.4 is 14.7 Å². The first kappa shape index (κ1) is 71.4. The van der Waals surface area contributed by atoms with Crippen molar-refractivity contribution in [2.24, 2.45) is 35.5 Å². The summed E-state index contributed by atoms with van der Waals surface area (Å²) < 4.78 is 65.7. The van der Waals surface area contributed by atoms with E-state index in [1.165, 1.54) is 0 Å². The van der Waals surface area contributed by atoms with Crippen molar-refractivity contribution in [3.63, 3.8) is 0 Å². The van der Waals surface area contributed by atoms with E-state index in [4.69, 9.17) is 27.1 Å². The first-order valence-corrected chi connectivity index (χ1v) is 30.1. The van der Waals surface area contributed by atoms with Crippen LogP contribution in [0.25, 0.3) is 0 Å². The van der Waals surface area contributed by atoms with Gasteiger partial charge in [-0.2, -0.15) is 0 Å². The Balaban J connectivity index is -0.000000419. The van der Waals surface area contributed by atoms with Crippen molar-refractivity contribution < 1.29 is 72.9 Å². The molecule has 0 spiro atoms. The fraction of sp³-hybridized carbons (Fsp3) is 1.00. The maximum absolute atomic E-state index is 11.8. The monoisotopic (exact) mass is 1020 g/mol. The van der Waals surface area contributed by atoms with Gasteiger partial charge in [-0.05, 0) is 74.0 Å². The Morgan fingerprint density at radius 3 is 0.516 bits per heavy atom. The van der Waals surface area contributed by atoms with Gasteiger partial charge in [0.2, 0.25) is 0 Å². The molecule has 0 aromatic heterocycles. The maximum Gasteiger partial charge on any atom is 3.00 e. The van der Waals surface area contributed by atoms with E-state index in [1.807, 2.05) is 0 Å². The molecule has 387 valence electrons. The van der Waals surface area contributed by atoms with E-state index in [1.54, 1.807) is 0 Å². The van der Waals surface area contributed by atoms with Gasteiger partial charge < -0.3 is 41.8 Å². The van der Waals surface area contributed by atoms with Crippen molar-refractivity contribution in [2.75, 3.05) is 39.6 Å². The zero-order valence-electron chi connectivity index (χ0n) is 43.3. The molecular weight excluding hydrogens is 913 g/mol. The second-order valence-electron chi connectivity index (χ2n) is 17.6. The second-order valence-corrected chi connectivity index (χ2v) is 21.8. The Morgan fingerprint density at radius 2 is 0.422 bits per heavy atom. The van der Waals surface area contributed by atoms with Gasteiger partial charge in [0.05, 0.1) is 39.6 Å². The first-order valence-electron chi connectivity index (χ1n) is 25.8. The maximum atomic E-state index is 11.8. The van der Waals surface area contributed by atoms with Crippen molar-refractivity contribution in [1.29, 1.82) is 0 Å². The molecule has 0 aromatic rings. The summed E-state index contributed by atoms with van der Waals surface area (Å²) in [6, 6.07) is 0. The van der Waals surface area contributed by atoms with E-state index in [0.29, 0.717) is 35.5 Å². The van der Waals surface area contributed by atoms with Gasteiger partial charge in [0.15, 0.2) is 0 Å². The molecular formula is C48H102CrO12P3. The fourth-order valence-corrected chi connectivity index (χ4v) is 9.26. The number of rotatable bonds is 42. The minimum atomic E-state index is -4.14. The van der Waals surface area contributed by atoms with Crippen molar-refractivity contribution in [2.45, 2.75) is 237 Å². The molecule has 0 aliphatic heterocycles. The normalized spacial score (nSPS) is 17.1. The predicted molar refractivity (Wildman–Crippen MR) is 258 cm³/mol. The Kier molecular flexibility index (Phi) is 53.0. The standard InChI is InChI=1S/3C16H35O4P.Cr/c3*1-5-9-11-15(7-3)13-19-21(17,18)20-14-16(8-4)12-10-6-2;/h3*15-16H,5-14H2,1-4H3,(H,17,18);/q;;;+3/p-3. The summed E-state index contributed by atoms with van der Waals surface area (Å²) in [4.78, 5) is 35.4. The van der Waals surface area contributed by atoms with Crippen LogP contribution in [-0.2, 0) is 58.2 Å². The molecule has 64 heavy (non-hydrogen) atoms. The van der Waals surface area contributed by atoms with Crippen molar-refractivity contribution in [3.8, 4) is 0 Å². The summed E-state index contributed by atoms with van der Waals surface area (Å²) >= 11 is 0. The summed E-state index contributed by atoms with van der Waals surface area (Å²) in [6.45, 7) is 26.7. The van der Waals surface area contributed by atoms with Crippen LogP contribution in [0, 0.1) is 35.5 Å². The van der Waals surface area contributed by atoms with Gasteiger partial charge in [-0.15, -0.1) is 0 Å². The molecule has 0 aliphatic carbocycles. The largest absolute Gasteiger partial charge is 3.00 e. The van der Waals surface area contributed by atoms with E-state index in [9.17, 15) is 28.4 Å². The second kappa shape index (κ2) is 47.5. The van der Waals surface area contributed by atoms with E-state index >= 15 is 0 Å². The van der Waals surface area contributed by atoms with Gasteiger partial charge >= 0.3 is 17.4 Å². The molecule has 0 aromatic carbocycles. The Labute approximate surface area is 406 Å². The number of hydrogen-bond donors (Lipinski definition) is 0. The molecule has 12 nitrogen and oxygen atoms in total. The average molecular weight is 1020 g/mol. The molecule has 0 heterocycles. The van der Waals surface area contributed by atoms with Gasteiger partial charge in [0.1, 0.15) is 0 Å². The fourth-order valence-electron chi connectivity index (χ4n) is 6.68. The number of hydrogen-bond acceptors (Lipinski definition) is 12. The van der Waals surface area contributed by atoms with Crippen molar-refractivity contribution >= 4 is 23.5 Å². The third-order valence-corrected chi connectivity index (χ3v) is 14.9. The number of phosphoric ester groups is 3. The van der Waals surface area contributed by atoms with Crippen LogP contribution in [0.15, 0.2) is 0 Å². The van der Waals surface area contributed by atoms with Crippen LogP contribution in [0.3, 0.4) is 0 Å². The average Bonchev–Trinajstić information content (AvgIpc) is 3.27. The molecule has 6 atom stereocenters. The molecule has 0 rings (SSSR count). The van der Waals surface area contributed by atoms with Gasteiger partial charge in [0.25, 0.3) is 23.5 Å². The molecule has 6 unspecified atom stereocenters. The molecule has 0 amide bonds. The summed E-state index contributed by atoms with van der Waals surface area (Å²) in [5.41, 5.74) is 0. The molecule has 0 fully saturated rings. The topological polar surface area (TPSA) is 176 Å². The van der Waals surface area contributed by atoms with E-state index in [2.05, 4.69) is 83.1 Å². The summed E-state index contributed by atoms with van der Waals surface area (Å²) in [5.74, 6) is 1.82. The molecule has 16 heteroatoms. The van der Waals surface area contributed by atoms with Crippen LogP contribution in [-0.4, -0.2) is 39.6 Å². The van der Waals surface area contributed by atoms with Crippen LogP contribution in [0.2, 0.25) is 0 Å². The zero-order valence-corrected chi connectivity index (χ0v) is 47.3. The third-order valence-electron chi connectivity index (χ3n) is 12.1. The summed E-state index contributed by atoms with van der Waals surface area (Å²) in [6.07, 6.45) is 25.1. The van der Waals surface area contributed by atoms with Crippen LogP contribution in [0.1, 0.15) is 237 Å². The molecule has 0 saturated carbocycles. The number of phosphoric acid groups is 3. The predicted octanol–water partition coefficient (Wildman–Crippen LogP) is 14.8. The van der Waals surface area contributed by atoms with Gasteiger partial charge in [-0.3, -0.25) is 13.7 Å². The van der Waals surface area contributed by atoms with Crippen molar-refractivity contribution in [1.82, 2.24) is 0 Å². The first-order chi connectivity index (χ1) is 30.0. The molecule has 0 N–H and O–H groups in total. The summed E-state index contributed by atoms with van der Waals surface area (Å²) in [7, 11) is -12.4. The van der Waals surface area contributed by atoms with E-state index < -0.39 is 23.5 Å². The molecule has 0 bridgehead atoms. The Morgan fingerprint density at radius 1 is 0.297 bits per heavy atom. The van der Waals surface area contributed by atoms with Crippen molar-refractivity contribution in [3.05, 3.63) is 0 Å². The van der Waals surface area contributed by atoms with E-state index in [-0.39, 0.29) is 57.0 Å². The minimum Gasteiger partial charge on any atom is -0.756 e. The number of unbranched alkanes of at least 4 members (excludes halogenated alkanes) is 6. The molecule has 0 aliphatic rings. The molecule has 0 saturated heterocycles. The molecule has 1 radical (unpaired) electrons. The van der Waals surface area contributed by atoms with E-state index in [0.717, 1.165) is 154 Å². The van der Waals surface area contributed by atoms with Crippen LogP contribution in [0.5, 0.6) is 0 Å². The van der Waals surface area contributed by atoms with Crippen LogP contribution >= 0.6 is 23.5 Å². The third kappa shape index (κ3) is 45.3.